The van der Waals surface area contributed by atoms with Gasteiger partial charge in [0.25, 0.3) is 0 Å². The number of esters is 1. The van der Waals surface area contributed by atoms with Gasteiger partial charge in [-0.05, 0) is 65.2 Å². The zero-order valence-electron chi connectivity index (χ0n) is 18.6. The predicted molar refractivity (Wildman–Crippen MR) is 107 cm³/mol. The number of piperidine rings is 1. The molecular formula is C21H33N3O6. The first-order valence-corrected chi connectivity index (χ1v) is 10.5. The highest BCUT2D eigenvalue weighted by Gasteiger charge is 2.46. The van der Waals surface area contributed by atoms with Crippen LogP contribution in [0.3, 0.4) is 0 Å². The Bertz CT molecular complexity index is 683. The second-order valence-electron chi connectivity index (χ2n) is 8.88. The molecule has 0 aromatic carbocycles. The van der Waals surface area contributed by atoms with Crippen LogP contribution in [-0.4, -0.2) is 72.4 Å². The van der Waals surface area contributed by atoms with Crippen molar-refractivity contribution in [2.45, 2.75) is 71.1 Å². The number of nitriles is 1. The number of fused-ring (bicyclic) bond motifs is 1. The summed E-state index contributed by atoms with van der Waals surface area (Å²) in [7, 11) is 1.30. The van der Waals surface area contributed by atoms with Crippen molar-refractivity contribution in [3.05, 3.63) is 0 Å². The van der Waals surface area contributed by atoms with E-state index in [2.05, 4.69) is 6.07 Å². The molecule has 4 atom stereocenters. The lowest BCUT2D eigenvalue weighted by Gasteiger charge is -2.47. The number of amides is 2. The molecular weight excluding hydrogens is 390 g/mol. The summed E-state index contributed by atoms with van der Waals surface area (Å²) in [6, 6.07) is 1.21. The summed E-state index contributed by atoms with van der Waals surface area (Å²) in [4.78, 5) is 40.3. The van der Waals surface area contributed by atoms with Gasteiger partial charge in [-0.15, -0.1) is 0 Å². The van der Waals surface area contributed by atoms with Gasteiger partial charge in [0.2, 0.25) is 0 Å². The summed E-state index contributed by atoms with van der Waals surface area (Å²) in [6.45, 7) is 7.69. The van der Waals surface area contributed by atoms with E-state index in [1.165, 1.54) is 16.9 Å². The smallest absolute Gasteiger partial charge is 0.411 e. The first-order valence-electron chi connectivity index (χ1n) is 10.5. The zero-order chi connectivity index (χ0) is 22.5. The van der Waals surface area contributed by atoms with E-state index in [1.54, 1.807) is 27.7 Å². The van der Waals surface area contributed by atoms with Crippen molar-refractivity contribution in [2.24, 2.45) is 11.8 Å². The van der Waals surface area contributed by atoms with Gasteiger partial charge < -0.3 is 14.2 Å². The summed E-state index contributed by atoms with van der Waals surface area (Å²) < 4.78 is 15.5. The molecule has 1 aliphatic carbocycles. The van der Waals surface area contributed by atoms with Gasteiger partial charge in [0.05, 0.1) is 19.8 Å². The standard InChI is InChI=1S/C21H33N3O6/c1-6-29-18(25)17-12-15-11-16(8-7-14(15)13-24(17)19(26)28-5)23(10-9-22)20(27)30-21(2,3)4/h14-17H,6-8,10-13H2,1-5H3/t14-,15+,16-,17-/m0/s1. The molecule has 0 radical (unpaired) electrons. The van der Waals surface area contributed by atoms with E-state index in [-0.39, 0.29) is 31.0 Å². The molecule has 0 unspecified atom stereocenters. The minimum absolute atomic E-state index is 0.0491. The predicted octanol–water partition coefficient (Wildman–Crippen LogP) is 2.94. The maximum absolute atomic E-state index is 12.7. The van der Waals surface area contributed by atoms with Crippen LogP contribution in [0.15, 0.2) is 0 Å². The number of nitrogens with zero attached hydrogens (tertiary/aromatic N) is 3. The highest BCUT2D eigenvalue weighted by atomic mass is 16.6. The van der Waals surface area contributed by atoms with Gasteiger partial charge in [0.1, 0.15) is 18.2 Å². The third-order valence-electron chi connectivity index (χ3n) is 5.72. The highest BCUT2D eigenvalue weighted by molar-refractivity contribution is 5.81. The normalized spacial score (nSPS) is 26.1. The Balaban J connectivity index is 2.16. The Morgan fingerprint density at radius 3 is 2.43 bits per heavy atom. The number of hydrogen-bond donors (Lipinski definition) is 0. The van der Waals surface area contributed by atoms with Crippen LogP contribution < -0.4 is 0 Å². The largest absolute Gasteiger partial charge is 0.464 e. The van der Waals surface area contributed by atoms with Crippen molar-refractivity contribution in [3.63, 3.8) is 0 Å². The molecule has 1 aliphatic heterocycles. The number of carbonyl (C=O) groups excluding carboxylic acids is 3. The molecule has 2 aliphatic rings. The van der Waals surface area contributed by atoms with Gasteiger partial charge in [0.15, 0.2) is 0 Å². The lowest BCUT2D eigenvalue weighted by atomic mass is 9.71. The molecule has 2 amide bonds. The molecule has 1 heterocycles. The van der Waals surface area contributed by atoms with Crippen LogP contribution in [0, 0.1) is 23.2 Å². The molecule has 0 aromatic rings. The molecule has 0 bridgehead atoms. The second-order valence-corrected chi connectivity index (χ2v) is 8.88. The molecule has 0 aromatic heterocycles. The Hall–Kier alpha value is -2.50. The van der Waals surface area contributed by atoms with E-state index in [0.29, 0.717) is 25.8 Å². The van der Waals surface area contributed by atoms with E-state index < -0.39 is 29.8 Å². The average Bonchev–Trinajstić information content (AvgIpc) is 2.68. The van der Waals surface area contributed by atoms with Gasteiger partial charge in [-0.1, -0.05) is 0 Å². The highest BCUT2D eigenvalue weighted by Crippen LogP contribution is 2.41. The molecule has 1 saturated heterocycles. The van der Waals surface area contributed by atoms with Crippen LogP contribution >= 0.6 is 0 Å². The van der Waals surface area contributed by atoms with Gasteiger partial charge in [0, 0.05) is 12.6 Å². The number of carbonyl (C=O) groups is 3. The van der Waals surface area contributed by atoms with E-state index in [1.807, 2.05) is 0 Å². The van der Waals surface area contributed by atoms with E-state index in [4.69, 9.17) is 14.2 Å². The summed E-state index contributed by atoms with van der Waals surface area (Å²) >= 11 is 0. The van der Waals surface area contributed by atoms with Crippen LogP contribution in [0.4, 0.5) is 9.59 Å². The monoisotopic (exact) mass is 423 g/mol. The number of methoxy groups -OCH3 is 1. The quantitative estimate of drug-likeness (QED) is 0.388. The summed E-state index contributed by atoms with van der Waals surface area (Å²) in [5.74, 6) is -0.110. The third kappa shape index (κ3) is 5.77. The number of likely N-dealkylation sites (tertiary alicyclic amines) is 1. The zero-order valence-corrected chi connectivity index (χ0v) is 18.6. The van der Waals surface area contributed by atoms with Crippen LogP contribution in [0.5, 0.6) is 0 Å². The van der Waals surface area contributed by atoms with Gasteiger partial charge in [-0.25, -0.2) is 14.4 Å². The minimum atomic E-state index is -0.705. The van der Waals surface area contributed by atoms with Gasteiger partial charge in [-0.3, -0.25) is 9.80 Å². The molecule has 9 nitrogen and oxygen atoms in total. The first-order chi connectivity index (χ1) is 14.1. The van der Waals surface area contributed by atoms with Crippen molar-refractivity contribution in [2.75, 3.05) is 26.8 Å². The topological polar surface area (TPSA) is 109 Å². The van der Waals surface area contributed by atoms with Crippen LogP contribution in [0.1, 0.15) is 53.4 Å². The fourth-order valence-corrected chi connectivity index (χ4v) is 4.43. The fourth-order valence-electron chi connectivity index (χ4n) is 4.43. The van der Waals surface area contributed by atoms with E-state index in [0.717, 1.165) is 6.42 Å². The number of rotatable bonds is 4. The molecule has 0 N–H and O–H groups in total. The molecule has 30 heavy (non-hydrogen) atoms. The van der Waals surface area contributed by atoms with Crippen LogP contribution in [0.25, 0.3) is 0 Å². The fraction of sp³-hybridized carbons (Fsp3) is 0.810. The molecule has 9 heteroatoms. The maximum atomic E-state index is 12.7. The Morgan fingerprint density at radius 2 is 1.87 bits per heavy atom. The number of hydrogen-bond acceptors (Lipinski definition) is 7. The maximum Gasteiger partial charge on any atom is 0.411 e. The minimum Gasteiger partial charge on any atom is -0.464 e. The van der Waals surface area contributed by atoms with Gasteiger partial charge in [-0.2, -0.15) is 5.26 Å². The molecule has 2 fully saturated rings. The summed E-state index contributed by atoms with van der Waals surface area (Å²) in [5, 5.41) is 9.23. The Labute approximate surface area is 178 Å². The van der Waals surface area contributed by atoms with Crippen molar-refractivity contribution < 1.29 is 28.6 Å². The van der Waals surface area contributed by atoms with Crippen molar-refractivity contribution in [1.82, 2.24) is 9.80 Å². The second kappa shape index (κ2) is 10.0. The SMILES string of the molecule is CCOC(=O)[C@@H]1C[C@H]2C[C@@H](N(CC#N)C(=O)OC(C)(C)C)CC[C@H]2CN1C(=O)OC. The Morgan fingerprint density at radius 1 is 1.17 bits per heavy atom. The first kappa shape index (κ1) is 23.8. The third-order valence-corrected chi connectivity index (χ3v) is 5.72. The van der Waals surface area contributed by atoms with Crippen molar-refractivity contribution >= 4 is 18.2 Å². The van der Waals surface area contributed by atoms with Crippen LogP contribution in [-0.2, 0) is 19.0 Å². The lowest BCUT2D eigenvalue weighted by Crippen LogP contribution is -2.56. The van der Waals surface area contributed by atoms with E-state index >= 15 is 0 Å². The number of ether oxygens (including phenoxy) is 3. The molecule has 0 spiro atoms. The summed E-state index contributed by atoms with van der Waals surface area (Å²) in [6.07, 6.45) is 1.56. The van der Waals surface area contributed by atoms with Crippen LogP contribution in [0.2, 0.25) is 0 Å². The van der Waals surface area contributed by atoms with Crippen molar-refractivity contribution in [1.29, 1.82) is 5.26 Å². The average molecular weight is 424 g/mol. The molecule has 168 valence electrons. The van der Waals surface area contributed by atoms with Crippen molar-refractivity contribution in [3.8, 4) is 6.07 Å². The van der Waals surface area contributed by atoms with E-state index in [9.17, 15) is 19.6 Å². The molecule has 1 saturated carbocycles. The Kier molecular flexibility index (Phi) is 7.93. The van der Waals surface area contributed by atoms with Gasteiger partial charge >= 0.3 is 18.2 Å². The summed E-state index contributed by atoms with van der Waals surface area (Å²) in [5.41, 5.74) is -0.650. The molecule has 2 rings (SSSR count). The lowest BCUT2D eigenvalue weighted by molar-refractivity contribution is -0.152.